The van der Waals surface area contributed by atoms with Crippen LogP contribution in [-0.2, 0) is 9.53 Å². The maximum Gasteiger partial charge on any atom is 0.225 e. The van der Waals surface area contributed by atoms with Gasteiger partial charge in [0.05, 0.1) is 19.3 Å². The summed E-state index contributed by atoms with van der Waals surface area (Å²) < 4.78 is 5.48. The Morgan fingerprint density at radius 3 is 3.10 bits per heavy atom. The number of morpholine rings is 1. The maximum atomic E-state index is 12.0. The quantitative estimate of drug-likeness (QED) is 0.869. The highest BCUT2D eigenvalue weighted by Crippen LogP contribution is 2.16. The fraction of sp³-hybridized carbons (Fsp3) is 0.533. The molecule has 2 rings (SSSR count). The zero-order chi connectivity index (χ0) is 15.2. The number of hydrogen-bond donors (Lipinski definition) is 2. The van der Waals surface area contributed by atoms with Crippen LogP contribution in [0.2, 0.25) is 5.02 Å². The number of nitrogens with one attached hydrogen (secondary N) is 1. The van der Waals surface area contributed by atoms with Gasteiger partial charge >= 0.3 is 0 Å². The van der Waals surface area contributed by atoms with E-state index in [1.807, 2.05) is 6.07 Å². The second kappa shape index (κ2) is 7.75. The van der Waals surface area contributed by atoms with E-state index >= 15 is 0 Å². The van der Waals surface area contributed by atoms with Crippen molar-refractivity contribution in [3.63, 3.8) is 0 Å². The molecule has 2 N–H and O–H groups in total. The maximum absolute atomic E-state index is 12.0. The number of rotatable bonds is 5. The minimum Gasteiger partial charge on any atom is -0.394 e. The Balaban J connectivity index is 1.80. The van der Waals surface area contributed by atoms with E-state index < -0.39 is 0 Å². The molecule has 0 aliphatic carbocycles. The Kier molecular flexibility index (Phi) is 5.99. The first-order valence-corrected chi connectivity index (χ1v) is 7.48. The van der Waals surface area contributed by atoms with Gasteiger partial charge in [-0.1, -0.05) is 17.7 Å². The van der Waals surface area contributed by atoms with Crippen molar-refractivity contribution in [2.45, 2.75) is 25.5 Å². The third-order valence-electron chi connectivity index (χ3n) is 3.57. The number of anilines is 1. The summed E-state index contributed by atoms with van der Waals surface area (Å²) in [6, 6.07) is 7.35. The van der Waals surface area contributed by atoms with Crippen molar-refractivity contribution in [1.82, 2.24) is 4.90 Å². The van der Waals surface area contributed by atoms with Gasteiger partial charge in [0.2, 0.25) is 5.91 Å². The number of ether oxygens (including phenoxy) is 1. The third-order valence-corrected chi connectivity index (χ3v) is 3.81. The molecule has 0 spiro atoms. The van der Waals surface area contributed by atoms with Crippen LogP contribution in [-0.4, -0.2) is 54.4 Å². The van der Waals surface area contributed by atoms with Gasteiger partial charge in [-0.25, -0.2) is 0 Å². The molecule has 6 heteroatoms. The molecule has 1 aromatic carbocycles. The van der Waals surface area contributed by atoms with Crippen molar-refractivity contribution in [1.29, 1.82) is 0 Å². The SMILES string of the molecule is CC1COC(CO)CN1CCC(=O)Nc1cccc(Cl)c1. The molecule has 0 aromatic heterocycles. The summed E-state index contributed by atoms with van der Waals surface area (Å²) in [5.74, 6) is -0.0449. The number of carbonyl (C=O) groups is 1. The zero-order valence-corrected chi connectivity index (χ0v) is 12.8. The zero-order valence-electron chi connectivity index (χ0n) is 12.1. The first kappa shape index (κ1) is 16.2. The van der Waals surface area contributed by atoms with Crippen LogP contribution >= 0.6 is 11.6 Å². The Hall–Kier alpha value is -1.14. The molecule has 1 aliphatic heterocycles. The van der Waals surface area contributed by atoms with Crippen molar-refractivity contribution >= 4 is 23.2 Å². The topological polar surface area (TPSA) is 61.8 Å². The minimum absolute atomic E-state index is 0.0118. The largest absolute Gasteiger partial charge is 0.394 e. The highest BCUT2D eigenvalue weighted by atomic mass is 35.5. The first-order chi connectivity index (χ1) is 10.1. The first-order valence-electron chi connectivity index (χ1n) is 7.10. The number of hydrogen-bond acceptors (Lipinski definition) is 4. The van der Waals surface area contributed by atoms with Gasteiger partial charge in [-0.05, 0) is 25.1 Å². The smallest absolute Gasteiger partial charge is 0.225 e. The number of halogens is 1. The van der Waals surface area contributed by atoms with Gasteiger partial charge in [-0.3, -0.25) is 9.69 Å². The lowest BCUT2D eigenvalue weighted by Crippen LogP contribution is -2.50. The van der Waals surface area contributed by atoms with Crippen LogP contribution in [0.4, 0.5) is 5.69 Å². The van der Waals surface area contributed by atoms with Gasteiger partial charge in [0.25, 0.3) is 0 Å². The van der Waals surface area contributed by atoms with E-state index in [-0.39, 0.29) is 24.7 Å². The van der Waals surface area contributed by atoms with Crippen LogP contribution in [0.1, 0.15) is 13.3 Å². The van der Waals surface area contributed by atoms with Crippen LogP contribution in [0.5, 0.6) is 0 Å². The summed E-state index contributed by atoms with van der Waals surface area (Å²) in [5.41, 5.74) is 0.704. The molecule has 1 amide bonds. The molecule has 0 bridgehead atoms. The van der Waals surface area contributed by atoms with Gasteiger partial charge in [-0.15, -0.1) is 0 Å². The number of aliphatic hydroxyl groups is 1. The Bertz CT molecular complexity index is 484. The lowest BCUT2D eigenvalue weighted by atomic mass is 10.2. The molecular weight excluding hydrogens is 292 g/mol. The van der Waals surface area contributed by atoms with E-state index in [2.05, 4.69) is 17.1 Å². The van der Waals surface area contributed by atoms with E-state index in [1.54, 1.807) is 18.2 Å². The number of carbonyl (C=O) groups excluding carboxylic acids is 1. The van der Waals surface area contributed by atoms with E-state index in [4.69, 9.17) is 21.4 Å². The number of nitrogens with zero attached hydrogens (tertiary/aromatic N) is 1. The Morgan fingerprint density at radius 2 is 2.38 bits per heavy atom. The lowest BCUT2D eigenvalue weighted by molar-refractivity contribution is -0.118. The highest BCUT2D eigenvalue weighted by molar-refractivity contribution is 6.30. The molecule has 0 saturated carbocycles. The number of aliphatic hydroxyl groups excluding tert-OH is 1. The molecule has 1 saturated heterocycles. The molecule has 2 unspecified atom stereocenters. The highest BCUT2D eigenvalue weighted by Gasteiger charge is 2.25. The third kappa shape index (κ3) is 4.97. The van der Waals surface area contributed by atoms with Crippen LogP contribution < -0.4 is 5.32 Å². The van der Waals surface area contributed by atoms with E-state index in [0.717, 1.165) is 0 Å². The van der Waals surface area contributed by atoms with Crippen LogP contribution in [0, 0.1) is 0 Å². The van der Waals surface area contributed by atoms with Gasteiger partial charge in [-0.2, -0.15) is 0 Å². The van der Waals surface area contributed by atoms with Gasteiger partial charge in [0.1, 0.15) is 0 Å². The van der Waals surface area contributed by atoms with Gasteiger partial charge in [0.15, 0.2) is 0 Å². The predicted molar refractivity (Wildman–Crippen MR) is 82.6 cm³/mol. The summed E-state index contributed by atoms with van der Waals surface area (Å²) >= 11 is 5.88. The molecule has 116 valence electrons. The second-order valence-corrected chi connectivity index (χ2v) is 5.73. The molecule has 1 aliphatic rings. The van der Waals surface area contributed by atoms with Gasteiger partial charge in [0, 0.05) is 36.3 Å². The molecule has 21 heavy (non-hydrogen) atoms. The number of amides is 1. The van der Waals surface area contributed by atoms with Crippen LogP contribution in [0.25, 0.3) is 0 Å². The minimum atomic E-state index is -0.155. The Labute approximate surface area is 129 Å². The molecule has 5 nitrogen and oxygen atoms in total. The van der Waals surface area contributed by atoms with E-state index in [0.29, 0.717) is 36.8 Å². The molecule has 1 aromatic rings. The molecule has 0 radical (unpaired) electrons. The standard InChI is InChI=1S/C15H21ClN2O3/c1-11-10-21-14(9-19)8-18(11)6-5-15(20)17-13-4-2-3-12(16)7-13/h2-4,7,11,14,19H,5-6,8-10H2,1H3,(H,17,20). The lowest BCUT2D eigenvalue weighted by Gasteiger charge is -2.37. The second-order valence-electron chi connectivity index (χ2n) is 5.29. The molecule has 2 atom stereocenters. The van der Waals surface area contributed by atoms with Crippen LogP contribution in [0.3, 0.4) is 0 Å². The van der Waals surface area contributed by atoms with Crippen molar-refractivity contribution < 1.29 is 14.6 Å². The van der Waals surface area contributed by atoms with Crippen LogP contribution in [0.15, 0.2) is 24.3 Å². The monoisotopic (exact) mass is 312 g/mol. The number of benzene rings is 1. The average molecular weight is 313 g/mol. The van der Waals surface area contributed by atoms with Crippen molar-refractivity contribution in [2.75, 3.05) is 31.6 Å². The normalized spacial score (nSPS) is 23.0. The predicted octanol–water partition coefficient (Wildman–Crippen LogP) is 1.75. The Morgan fingerprint density at radius 1 is 1.57 bits per heavy atom. The van der Waals surface area contributed by atoms with Gasteiger partial charge < -0.3 is 15.2 Å². The van der Waals surface area contributed by atoms with E-state index in [9.17, 15) is 4.79 Å². The molecule has 1 heterocycles. The molecule has 1 fully saturated rings. The summed E-state index contributed by atoms with van der Waals surface area (Å²) in [4.78, 5) is 14.1. The summed E-state index contributed by atoms with van der Waals surface area (Å²) in [7, 11) is 0. The summed E-state index contributed by atoms with van der Waals surface area (Å²) in [6.07, 6.45) is 0.242. The average Bonchev–Trinajstić information content (AvgIpc) is 2.46. The van der Waals surface area contributed by atoms with Crippen molar-refractivity contribution in [3.05, 3.63) is 29.3 Å². The fourth-order valence-electron chi connectivity index (χ4n) is 2.33. The van der Waals surface area contributed by atoms with Crippen molar-refractivity contribution in [2.24, 2.45) is 0 Å². The van der Waals surface area contributed by atoms with Crippen molar-refractivity contribution in [3.8, 4) is 0 Å². The fourth-order valence-corrected chi connectivity index (χ4v) is 2.52. The summed E-state index contributed by atoms with van der Waals surface area (Å²) in [5, 5.41) is 12.6. The summed E-state index contributed by atoms with van der Waals surface area (Å²) in [6.45, 7) is 3.96. The van der Waals surface area contributed by atoms with E-state index in [1.165, 1.54) is 0 Å². The molecular formula is C15H21ClN2O3.